The fourth-order valence-corrected chi connectivity index (χ4v) is 3.27. The predicted octanol–water partition coefficient (Wildman–Crippen LogP) is 3.08. The Morgan fingerprint density at radius 3 is 2.88 bits per heavy atom. The highest BCUT2D eigenvalue weighted by Gasteiger charge is 2.21. The predicted molar refractivity (Wildman–Crippen MR) is 102 cm³/mol. The van der Waals surface area contributed by atoms with Crippen LogP contribution in [0.4, 0.5) is 0 Å². The van der Waals surface area contributed by atoms with Gasteiger partial charge in [0.1, 0.15) is 11.5 Å². The lowest BCUT2D eigenvalue weighted by atomic mass is 10.2. The van der Waals surface area contributed by atoms with Crippen LogP contribution in [0.3, 0.4) is 0 Å². The molecule has 0 radical (unpaired) electrons. The van der Waals surface area contributed by atoms with Crippen molar-refractivity contribution in [2.75, 3.05) is 12.0 Å². The van der Waals surface area contributed by atoms with E-state index in [1.807, 2.05) is 37.3 Å². The number of aromatic nitrogens is 4. The number of thioether (sulfide) groups is 1. The summed E-state index contributed by atoms with van der Waals surface area (Å²) in [6.07, 6.45) is 3.68. The Kier molecular flexibility index (Phi) is 5.43. The van der Waals surface area contributed by atoms with E-state index in [1.165, 1.54) is 0 Å². The van der Waals surface area contributed by atoms with Gasteiger partial charge in [-0.15, -0.1) is 0 Å². The summed E-state index contributed by atoms with van der Waals surface area (Å²) in [6.45, 7) is 2.03. The Hall–Kier alpha value is -2.28. The van der Waals surface area contributed by atoms with E-state index in [-0.39, 0.29) is 11.9 Å². The molecule has 1 atom stereocenters. The fourth-order valence-electron chi connectivity index (χ4n) is 2.79. The van der Waals surface area contributed by atoms with Crippen LogP contribution >= 0.6 is 11.8 Å². The molecule has 0 aliphatic rings. The molecule has 7 heteroatoms. The lowest BCUT2D eigenvalue weighted by Gasteiger charge is -2.16. The quantitative estimate of drug-likeness (QED) is 0.681. The number of fused-ring (bicyclic) bond motifs is 1. The molecule has 25 heavy (non-hydrogen) atoms. The van der Waals surface area contributed by atoms with Crippen LogP contribution in [0.15, 0.2) is 30.3 Å². The van der Waals surface area contributed by atoms with Gasteiger partial charge in [0.05, 0.1) is 22.8 Å². The number of hydrogen-bond donors (Lipinski definition) is 2. The molecule has 0 spiro atoms. The van der Waals surface area contributed by atoms with Crippen LogP contribution in [0, 0.1) is 0 Å². The van der Waals surface area contributed by atoms with Crippen molar-refractivity contribution >= 4 is 28.7 Å². The SMILES string of the molecule is CCc1cc(C(=O)N[C@@H](CCSC)c2nc3ccccc3[nH]2)n(C)n1. The lowest BCUT2D eigenvalue weighted by Crippen LogP contribution is -2.31. The van der Waals surface area contributed by atoms with E-state index >= 15 is 0 Å². The maximum Gasteiger partial charge on any atom is 0.270 e. The summed E-state index contributed by atoms with van der Waals surface area (Å²) in [5.74, 6) is 1.61. The number of hydrogen-bond acceptors (Lipinski definition) is 4. The Labute approximate surface area is 151 Å². The van der Waals surface area contributed by atoms with Crippen molar-refractivity contribution in [3.8, 4) is 0 Å². The van der Waals surface area contributed by atoms with E-state index in [1.54, 1.807) is 23.5 Å². The number of H-pyrrole nitrogens is 1. The van der Waals surface area contributed by atoms with E-state index in [4.69, 9.17) is 0 Å². The molecule has 0 saturated carbocycles. The maximum absolute atomic E-state index is 12.7. The zero-order valence-corrected chi connectivity index (χ0v) is 15.6. The number of imidazole rings is 1. The second-order valence-corrected chi connectivity index (χ2v) is 6.93. The minimum atomic E-state index is -0.160. The van der Waals surface area contributed by atoms with Crippen LogP contribution in [0.25, 0.3) is 11.0 Å². The number of para-hydroxylation sites is 2. The summed E-state index contributed by atoms with van der Waals surface area (Å²) >= 11 is 1.75. The van der Waals surface area contributed by atoms with E-state index in [9.17, 15) is 4.79 Å². The third-order valence-electron chi connectivity index (χ3n) is 4.18. The van der Waals surface area contributed by atoms with E-state index in [0.717, 1.165) is 41.1 Å². The summed E-state index contributed by atoms with van der Waals surface area (Å²) in [5.41, 5.74) is 3.38. The highest BCUT2D eigenvalue weighted by atomic mass is 32.2. The number of carbonyl (C=O) groups excluding carboxylic acids is 1. The molecule has 0 aliphatic carbocycles. The molecule has 3 rings (SSSR count). The molecule has 0 unspecified atom stereocenters. The average Bonchev–Trinajstić information content (AvgIpc) is 3.21. The maximum atomic E-state index is 12.7. The highest BCUT2D eigenvalue weighted by Crippen LogP contribution is 2.20. The number of amides is 1. The van der Waals surface area contributed by atoms with Gasteiger partial charge in [-0.05, 0) is 43.0 Å². The molecule has 0 aliphatic heterocycles. The summed E-state index contributed by atoms with van der Waals surface area (Å²) in [5, 5.41) is 7.47. The number of aromatic amines is 1. The van der Waals surface area contributed by atoms with Crippen LogP contribution < -0.4 is 5.32 Å². The number of rotatable bonds is 7. The Bertz CT molecular complexity index is 836. The largest absolute Gasteiger partial charge is 0.341 e. The van der Waals surface area contributed by atoms with Gasteiger partial charge in [-0.3, -0.25) is 9.48 Å². The Balaban J connectivity index is 1.84. The van der Waals surface area contributed by atoms with Crippen molar-refractivity contribution in [2.24, 2.45) is 7.05 Å². The molecule has 2 heterocycles. The number of nitrogens with one attached hydrogen (secondary N) is 2. The van der Waals surface area contributed by atoms with Crippen LogP contribution in [0.1, 0.15) is 41.4 Å². The molecule has 132 valence electrons. The fraction of sp³-hybridized carbons (Fsp3) is 0.389. The number of aryl methyl sites for hydroxylation is 2. The van der Waals surface area contributed by atoms with Gasteiger partial charge in [0, 0.05) is 7.05 Å². The summed E-state index contributed by atoms with van der Waals surface area (Å²) in [4.78, 5) is 20.7. The first-order chi connectivity index (χ1) is 12.1. The van der Waals surface area contributed by atoms with Gasteiger partial charge < -0.3 is 10.3 Å². The van der Waals surface area contributed by atoms with Crippen LogP contribution in [0.2, 0.25) is 0 Å². The van der Waals surface area contributed by atoms with Gasteiger partial charge >= 0.3 is 0 Å². The van der Waals surface area contributed by atoms with Crippen molar-refractivity contribution < 1.29 is 4.79 Å². The molecule has 6 nitrogen and oxygen atoms in total. The molecule has 1 amide bonds. The van der Waals surface area contributed by atoms with Gasteiger partial charge in [0.15, 0.2) is 0 Å². The molecule has 3 aromatic rings. The Morgan fingerprint density at radius 1 is 1.40 bits per heavy atom. The molecular formula is C18H23N5OS. The minimum absolute atomic E-state index is 0.124. The van der Waals surface area contributed by atoms with Crippen LogP contribution in [-0.2, 0) is 13.5 Å². The van der Waals surface area contributed by atoms with Crippen molar-refractivity contribution in [3.63, 3.8) is 0 Å². The van der Waals surface area contributed by atoms with Gasteiger partial charge in [-0.1, -0.05) is 19.1 Å². The summed E-state index contributed by atoms with van der Waals surface area (Å²) < 4.78 is 1.64. The summed E-state index contributed by atoms with van der Waals surface area (Å²) in [6, 6.07) is 9.59. The van der Waals surface area contributed by atoms with Crippen LogP contribution in [0.5, 0.6) is 0 Å². The van der Waals surface area contributed by atoms with E-state index in [0.29, 0.717) is 5.69 Å². The van der Waals surface area contributed by atoms with Crippen molar-refractivity contribution in [3.05, 3.63) is 47.5 Å². The topological polar surface area (TPSA) is 75.6 Å². The van der Waals surface area contributed by atoms with Crippen LogP contribution in [-0.4, -0.2) is 37.7 Å². The lowest BCUT2D eigenvalue weighted by molar-refractivity contribution is 0.0924. The van der Waals surface area contributed by atoms with Gasteiger partial charge in [0.2, 0.25) is 0 Å². The van der Waals surface area contributed by atoms with Gasteiger partial charge in [-0.25, -0.2) is 4.98 Å². The Morgan fingerprint density at radius 2 is 2.20 bits per heavy atom. The molecular weight excluding hydrogens is 334 g/mol. The van der Waals surface area contributed by atoms with Crippen molar-refractivity contribution in [2.45, 2.75) is 25.8 Å². The first kappa shape index (κ1) is 17.5. The van der Waals surface area contributed by atoms with E-state index < -0.39 is 0 Å². The van der Waals surface area contributed by atoms with Crippen molar-refractivity contribution in [1.82, 2.24) is 25.1 Å². The first-order valence-electron chi connectivity index (χ1n) is 8.39. The molecule has 0 saturated heterocycles. The number of benzene rings is 1. The van der Waals surface area contributed by atoms with E-state index in [2.05, 4.69) is 26.6 Å². The number of nitrogens with zero attached hydrogens (tertiary/aromatic N) is 3. The third kappa shape index (κ3) is 3.87. The normalized spacial score (nSPS) is 12.4. The molecule has 2 N–H and O–H groups in total. The average molecular weight is 357 g/mol. The minimum Gasteiger partial charge on any atom is -0.341 e. The summed E-state index contributed by atoms with van der Waals surface area (Å²) in [7, 11) is 1.80. The van der Waals surface area contributed by atoms with Gasteiger partial charge in [-0.2, -0.15) is 16.9 Å². The third-order valence-corrected chi connectivity index (χ3v) is 4.82. The zero-order valence-electron chi connectivity index (χ0n) is 14.7. The van der Waals surface area contributed by atoms with Crippen molar-refractivity contribution in [1.29, 1.82) is 0 Å². The smallest absolute Gasteiger partial charge is 0.270 e. The molecule has 1 aromatic carbocycles. The monoisotopic (exact) mass is 357 g/mol. The zero-order chi connectivity index (χ0) is 17.8. The first-order valence-corrected chi connectivity index (χ1v) is 9.79. The number of carbonyl (C=O) groups is 1. The second kappa shape index (κ2) is 7.74. The van der Waals surface area contributed by atoms with Gasteiger partial charge in [0.25, 0.3) is 5.91 Å². The molecule has 2 aromatic heterocycles. The standard InChI is InChI=1S/C18H23N5OS/c1-4-12-11-16(23(2)22-12)18(24)21-15(9-10-25-3)17-19-13-7-5-6-8-14(13)20-17/h5-8,11,15H,4,9-10H2,1-3H3,(H,19,20)(H,21,24)/t15-/m0/s1. The molecule has 0 fully saturated rings. The highest BCUT2D eigenvalue weighted by molar-refractivity contribution is 7.98. The molecule has 0 bridgehead atoms. The second-order valence-electron chi connectivity index (χ2n) is 5.94.